The standard InChI is InChI=1S/C14H16ClN3S/c1-2-7-16-14-11(4-3-8-17-14)10-19-13-6-5-12(15)9-18-13/h3-6,8-9H,2,7,10H2,1H3,(H,16,17). The van der Waals surface area contributed by atoms with Crippen LogP contribution in [0, 0.1) is 0 Å². The maximum Gasteiger partial charge on any atom is 0.129 e. The second-order valence-corrected chi connectivity index (χ2v) is 5.47. The second-order valence-electron chi connectivity index (χ2n) is 4.04. The van der Waals surface area contributed by atoms with Crippen LogP contribution in [0.25, 0.3) is 0 Å². The van der Waals surface area contributed by atoms with Crippen molar-refractivity contribution in [3.63, 3.8) is 0 Å². The van der Waals surface area contributed by atoms with E-state index >= 15 is 0 Å². The predicted octanol–water partition coefficient (Wildman–Crippen LogP) is 4.24. The number of aromatic nitrogens is 2. The fraction of sp³-hybridized carbons (Fsp3) is 0.286. The third-order valence-electron chi connectivity index (χ3n) is 2.51. The first kappa shape index (κ1) is 14.2. The first-order valence-corrected chi connectivity index (χ1v) is 7.58. The molecule has 3 nitrogen and oxygen atoms in total. The van der Waals surface area contributed by atoms with Crippen molar-refractivity contribution in [2.24, 2.45) is 0 Å². The van der Waals surface area contributed by atoms with Crippen molar-refractivity contribution >= 4 is 29.2 Å². The lowest BCUT2D eigenvalue weighted by atomic mass is 10.3. The molecule has 0 saturated heterocycles. The molecular weight excluding hydrogens is 278 g/mol. The van der Waals surface area contributed by atoms with Gasteiger partial charge in [0.2, 0.25) is 0 Å². The minimum atomic E-state index is 0.663. The Hall–Kier alpha value is -1.26. The number of pyridine rings is 2. The van der Waals surface area contributed by atoms with E-state index in [1.807, 2.05) is 24.4 Å². The summed E-state index contributed by atoms with van der Waals surface area (Å²) in [6, 6.07) is 7.84. The SMILES string of the molecule is CCCNc1ncccc1CSc1ccc(Cl)cn1. The molecule has 0 saturated carbocycles. The van der Waals surface area contributed by atoms with Crippen molar-refractivity contribution in [3.05, 3.63) is 47.2 Å². The van der Waals surface area contributed by atoms with E-state index in [0.29, 0.717) is 5.02 Å². The number of hydrogen-bond acceptors (Lipinski definition) is 4. The molecule has 0 amide bonds. The summed E-state index contributed by atoms with van der Waals surface area (Å²) in [4.78, 5) is 8.65. The molecule has 5 heteroatoms. The van der Waals surface area contributed by atoms with Crippen LogP contribution in [0.15, 0.2) is 41.7 Å². The number of anilines is 1. The van der Waals surface area contributed by atoms with Crippen LogP contribution in [0.4, 0.5) is 5.82 Å². The van der Waals surface area contributed by atoms with Gasteiger partial charge < -0.3 is 5.32 Å². The Morgan fingerprint density at radius 3 is 2.89 bits per heavy atom. The van der Waals surface area contributed by atoms with Gasteiger partial charge >= 0.3 is 0 Å². The van der Waals surface area contributed by atoms with Crippen molar-refractivity contribution in [3.8, 4) is 0 Å². The summed E-state index contributed by atoms with van der Waals surface area (Å²) in [5, 5.41) is 4.97. The third-order valence-corrected chi connectivity index (χ3v) is 3.73. The Morgan fingerprint density at radius 2 is 2.16 bits per heavy atom. The second kappa shape index (κ2) is 7.36. The molecule has 1 N–H and O–H groups in total. The highest BCUT2D eigenvalue weighted by Gasteiger charge is 2.04. The number of halogens is 1. The number of nitrogens with zero attached hydrogens (tertiary/aromatic N) is 2. The first-order chi connectivity index (χ1) is 9.29. The molecule has 100 valence electrons. The van der Waals surface area contributed by atoms with Gasteiger partial charge in [-0.05, 0) is 24.6 Å². The predicted molar refractivity (Wildman–Crippen MR) is 81.8 cm³/mol. The van der Waals surface area contributed by atoms with E-state index in [1.165, 1.54) is 5.56 Å². The molecule has 2 rings (SSSR count). The molecule has 2 aromatic rings. The molecule has 2 aromatic heterocycles. The largest absolute Gasteiger partial charge is 0.370 e. The minimum absolute atomic E-state index is 0.663. The highest BCUT2D eigenvalue weighted by atomic mass is 35.5. The quantitative estimate of drug-likeness (QED) is 0.808. The van der Waals surface area contributed by atoms with E-state index in [4.69, 9.17) is 11.6 Å². The van der Waals surface area contributed by atoms with Gasteiger partial charge in [0.25, 0.3) is 0 Å². The van der Waals surface area contributed by atoms with Gasteiger partial charge in [-0.25, -0.2) is 9.97 Å². The average Bonchev–Trinajstić information content (AvgIpc) is 2.45. The number of nitrogens with one attached hydrogen (secondary N) is 1. The Balaban J connectivity index is 2.00. The molecule has 0 aliphatic rings. The van der Waals surface area contributed by atoms with Crippen LogP contribution in [0.3, 0.4) is 0 Å². The highest BCUT2D eigenvalue weighted by molar-refractivity contribution is 7.98. The van der Waals surface area contributed by atoms with Crippen molar-refractivity contribution < 1.29 is 0 Å². The average molecular weight is 294 g/mol. The maximum absolute atomic E-state index is 5.82. The van der Waals surface area contributed by atoms with E-state index in [9.17, 15) is 0 Å². The van der Waals surface area contributed by atoms with E-state index < -0.39 is 0 Å². The van der Waals surface area contributed by atoms with Crippen LogP contribution in [-0.2, 0) is 5.75 Å². The topological polar surface area (TPSA) is 37.8 Å². The Labute approximate surface area is 122 Å². The van der Waals surface area contributed by atoms with Gasteiger partial charge in [-0.1, -0.05) is 24.6 Å². The monoisotopic (exact) mass is 293 g/mol. The molecule has 0 fully saturated rings. The number of rotatable bonds is 6. The van der Waals surface area contributed by atoms with E-state index in [0.717, 1.165) is 29.6 Å². The van der Waals surface area contributed by atoms with Gasteiger partial charge in [0.15, 0.2) is 0 Å². The van der Waals surface area contributed by atoms with Crippen LogP contribution >= 0.6 is 23.4 Å². The summed E-state index contributed by atoms with van der Waals surface area (Å²) in [5.41, 5.74) is 1.19. The molecule has 0 aliphatic heterocycles. The summed E-state index contributed by atoms with van der Waals surface area (Å²) in [6.45, 7) is 3.08. The van der Waals surface area contributed by atoms with Gasteiger partial charge in [-0.2, -0.15) is 0 Å². The zero-order chi connectivity index (χ0) is 13.5. The van der Waals surface area contributed by atoms with Gasteiger partial charge in [-0.15, -0.1) is 11.8 Å². The van der Waals surface area contributed by atoms with Crippen LogP contribution in [0.1, 0.15) is 18.9 Å². The van der Waals surface area contributed by atoms with Crippen molar-refractivity contribution in [1.29, 1.82) is 0 Å². The molecule has 19 heavy (non-hydrogen) atoms. The lowest BCUT2D eigenvalue weighted by Gasteiger charge is -2.09. The van der Waals surface area contributed by atoms with Gasteiger partial charge in [0.1, 0.15) is 5.82 Å². The smallest absolute Gasteiger partial charge is 0.129 e. The molecule has 0 aromatic carbocycles. The van der Waals surface area contributed by atoms with Crippen LogP contribution < -0.4 is 5.32 Å². The lowest BCUT2D eigenvalue weighted by Crippen LogP contribution is -2.04. The summed E-state index contributed by atoms with van der Waals surface area (Å²) >= 11 is 7.50. The van der Waals surface area contributed by atoms with Crippen molar-refractivity contribution in [1.82, 2.24) is 9.97 Å². The molecule has 0 unspecified atom stereocenters. The van der Waals surface area contributed by atoms with Gasteiger partial charge in [0, 0.05) is 30.3 Å². The van der Waals surface area contributed by atoms with Crippen molar-refractivity contribution in [2.45, 2.75) is 24.1 Å². The summed E-state index contributed by atoms with van der Waals surface area (Å²) in [7, 11) is 0. The Bertz CT molecular complexity index is 516. The maximum atomic E-state index is 5.82. The van der Waals surface area contributed by atoms with Crippen LogP contribution in [-0.4, -0.2) is 16.5 Å². The minimum Gasteiger partial charge on any atom is -0.370 e. The Morgan fingerprint density at radius 1 is 1.26 bits per heavy atom. The molecule has 0 radical (unpaired) electrons. The summed E-state index contributed by atoms with van der Waals surface area (Å²) in [6.07, 6.45) is 4.57. The van der Waals surface area contributed by atoms with E-state index in [1.54, 1.807) is 18.0 Å². The number of thioether (sulfide) groups is 1. The zero-order valence-corrected chi connectivity index (χ0v) is 12.3. The number of hydrogen-bond donors (Lipinski definition) is 1. The van der Waals surface area contributed by atoms with E-state index in [2.05, 4.69) is 28.3 Å². The molecular formula is C14H16ClN3S. The fourth-order valence-electron chi connectivity index (χ4n) is 1.56. The third kappa shape index (κ3) is 4.40. The zero-order valence-electron chi connectivity index (χ0n) is 10.8. The summed E-state index contributed by atoms with van der Waals surface area (Å²) < 4.78 is 0. The highest BCUT2D eigenvalue weighted by Crippen LogP contribution is 2.24. The van der Waals surface area contributed by atoms with Crippen molar-refractivity contribution in [2.75, 3.05) is 11.9 Å². The van der Waals surface area contributed by atoms with E-state index in [-0.39, 0.29) is 0 Å². The Kier molecular flexibility index (Phi) is 5.48. The fourth-order valence-corrected chi connectivity index (χ4v) is 2.50. The molecule has 2 heterocycles. The van der Waals surface area contributed by atoms with Gasteiger partial charge in [-0.3, -0.25) is 0 Å². The first-order valence-electron chi connectivity index (χ1n) is 6.21. The molecule has 0 bridgehead atoms. The van der Waals surface area contributed by atoms with Crippen LogP contribution in [0.2, 0.25) is 5.02 Å². The molecule has 0 aliphatic carbocycles. The normalized spacial score (nSPS) is 10.4. The summed E-state index contributed by atoms with van der Waals surface area (Å²) in [5.74, 6) is 1.81. The van der Waals surface area contributed by atoms with Crippen LogP contribution in [0.5, 0.6) is 0 Å². The van der Waals surface area contributed by atoms with Gasteiger partial charge in [0.05, 0.1) is 10.0 Å². The lowest BCUT2D eigenvalue weighted by molar-refractivity contribution is 0.965. The molecule has 0 spiro atoms. The molecule has 0 atom stereocenters.